The van der Waals surface area contributed by atoms with Crippen LogP contribution in [-0.2, 0) is 13.0 Å². The summed E-state index contributed by atoms with van der Waals surface area (Å²) < 4.78 is 26.4. The van der Waals surface area contributed by atoms with E-state index in [9.17, 15) is 8.78 Å². The molecule has 3 rings (SSSR count). The summed E-state index contributed by atoms with van der Waals surface area (Å²) >= 11 is 1.57. The van der Waals surface area contributed by atoms with E-state index < -0.39 is 11.6 Å². The van der Waals surface area contributed by atoms with Crippen LogP contribution >= 0.6 is 11.3 Å². The van der Waals surface area contributed by atoms with E-state index in [1.807, 2.05) is 0 Å². The normalized spacial score (nSPS) is 14.6. The van der Waals surface area contributed by atoms with E-state index in [-0.39, 0.29) is 0 Å². The maximum atomic E-state index is 13.4. The molecule has 21 heavy (non-hydrogen) atoms. The van der Waals surface area contributed by atoms with E-state index in [1.165, 1.54) is 23.8 Å². The van der Waals surface area contributed by atoms with Crippen LogP contribution in [0.1, 0.15) is 36.8 Å². The second-order valence-electron chi connectivity index (χ2n) is 5.42. The summed E-state index contributed by atoms with van der Waals surface area (Å²) in [6.07, 6.45) is 4.44. The van der Waals surface area contributed by atoms with Crippen molar-refractivity contribution < 1.29 is 8.78 Å². The number of hydrogen-bond acceptors (Lipinski definition) is 3. The third-order valence-corrected chi connectivity index (χ3v) is 4.71. The van der Waals surface area contributed by atoms with Gasteiger partial charge in [0.1, 0.15) is 5.01 Å². The summed E-state index contributed by atoms with van der Waals surface area (Å²) in [6, 6.07) is 4.62. The maximum Gasteiger partial charge on any atom is 0.159 e. The Morgan fingerprint density at radius 1 is 1.29 bits per heavy atom. The maximum absolute atomic E-state index is 13.4. The van der Waals surface area contributed by atoms with Crippen molar-refractivity contribution in [3.05, 3.63) is 40.4 Å². The van der Waals surface area contributed by atoms with Crippen LogP contribution in [0.15, 0.2) is 18.2 Å². The van der Waals surface area contributed by atoms with Crippen LogP contribution in [0.4, 0.5) is 8.78 Å². The molecular formula is C16H18F2N2S. The van der Waals surface area contributed by atoms with Crippen LogP contribution in [0.3, 0.4) is 0 Å². The molecule has 1 saturated carbocycles. The Morgan fingerprint density at radius 2 is 2.10 bits per heavy atom. The molecule has 1 fully saturated rings. The van der Waals surface area contributed by atoms with Crippen molar-refractivity contribution in [2.24, 2.45) is 0 Å². The van der Waals surface area contributed by atoms with E-state index in [4.69, 9.17) is 0 Å². The van der Waals surface area contributed by atoms with E-state index in [2.05, 4.69) is 17.2 Å². The lowest BCUT2D eigenvalue weighted by atomic mass is 10.2. The van der Waals surface area contributed by atoms with E-state index in [1.54, 1.807) is 17.4 Å². The number of benzene rings is 1. The minimum absolute atomic E-state index is 0.647. The molecule has 0 saturated heterocycles. The predicted molar refractivity (Wildman–Crippen MR) is 81.3 cm³/mol. The van der Waals surface area contributed by atoms with E-state index >= 15 is 0 Å². The summed E-state index contributed by atoms with van der Waals surface area (Å²) in [5, 5.41) is 4.26. The molecule has 0 radical (unpaired) electrons. The molecule has 0 unspecified atom stereocenters. The molecule has 0 bridgehead atoms. The molecule has 1 N–H and O–H groups in total. The zero-order valence-corrected chi connectivity index (χ0v) is 12.8. The summed E-state index contributed by atoms with van der Waals surface area (Å²) in [5.74, 6) is -1.64. The third-order valence-electron chi connectivity index (χ3n) is 3.56. The number of hydrogen-bond donors (Lipinski definition) is 1. The Labute approximate surface area is 127 Å². The lowest BCUT2D eigenvalue weighted by Crippen LogP contribution is -2.15. The van der Waals surface area contributed by atoms with Crippen molar-refractivity contribution >= 4 is 11.3 Å². The molecule has 1 aliphatic rings. The van der Waals surface area contributed by atoms with Gasteiger partial charge in [0, 0.05) is 23.0 Å². The lowest BCUT2D eigenvalue weighted by molar-refractivity contribution is 0.509. The monoisotopic (exact) mass is 308 g/mol. The zero-order chi connectivity index (χ0) is 14.8. The predicted octanol–water partition coefficient (Wildman–Crippen LogP) is 4.29. The Balaban J connectivity index is 1.86. The Bertz CT molecular complexity index is 635. The number of aromatic nitrogens is 1. The van der Waals surface area contributed by atoms with Crippen molar-refractivity contribution in [1.82, 2.24) is 10.3 Å². The molecule has 1 aromatic heterocycles. The van der Waals surface area contributed by atoms with Gasteiger partial charge in [-0.3, -0.25) is 0 Å². The van der Waals surface area contributed by atoms with Crippen molar-refractivity contribution in [3.63, 3.8) is 0 Å². The van der Waals surface area contributed by atoms with Crippen molar-refractivity contribution in [3.8, 4) is 10.6 Å². The van der Waals surface area contributed by atoms with Gasteiger partial charge in [-0.25, -0.2) is 13.8 Å². The summed E-state index contributed by atoms with van der Waals surface area (Å²) in [7, 11) is 0. The summed E-state index contributed by atoms with van der Waals surface area (Å²) in [6.45, 7) is 2.94. The number of thiazole rings is 1. The summed E-state index contributed by atoms with van der Waals surface area (Å²) in [5.41, 5.74) is 1.73. The third kappa shape index (κ3) is 3.47. The first-order valence-corrected chi connectivity index (χ1v) is 8.16. The SMILES string of the molecule is CCCc1nc(-c2ccc(F)c(F)c2)sc1CNC1CC1. The average Bonchev–Trinajstić information content (AvgIpc) is 3.21. The molecule has 1 heterocycles. The fraction of sp³-hybridized carbons (Fsp3) is 0.438. The van der Waals surface area contributed by atoms with Gasteiger partial charge >= 0.3 is 0 Å². The van der Waals surface area contributed by atoms with Gasteiger partial charge < -0.3 is 5.32 Å². The molecule has 0 aliphatic heterocycles. The van der Waals surface area contributed by atoms with Gasteiger partial charge in [0.15, 0.2) is 11.6 Å². The van der Waals surface area contributed by atoms with Crippen LogP contribution < -0.4 is 5.32 Å². The smallest absolute Gasteiger partial charge is 0.159 e. The molecule has 0 spiro atoms. The highest BCUT2D eigenvalue weighted by Crippen LogP contribution is 2.30. The molecule has 5 heteroatoms. The fourth-order valence-electron chi connectivity index (χ4n) is 2.23. The van der Waals surface area contributed by atoms with Crippen LogP contribution in [-0.4, -0.2) is 11.0 Å². The molecular weight excluding hydrogens is 290 g/mol. The second kappa shape index (κ2) is 6.20. The number of aryl methyl sites for hydroxylation is 1. The van der Waals surface area contributed by atoms with Crippen LogP contribution in [0.2, 0.25) is 0 Å². The highest BCUT2D eigenvalue weighted by molar-refractivity contribution is 7.15. The van der Waals surface area contributed by atoms with Gasteiger partial charge in [-0.05, 0) is 37.5 Å². The molecule has 2 aromatic rings. The van der Waals surface area contributed by atoms with E-state index in [0.717, 1.165) is 36.2 Å². The Kier molecular flexibility index (Phi) is 4.31. The number of rotatable bonds is 6. The number of nitrogens with zero attached hydrogens (tertiary/aromatic N) is 1. The highest BCUT2D eigenvalue weighted by Gasteiger charge is 2.21. The van der Waals surface area contributed by atoms with E-state index in [0.29, 0.717) is 11.6 Å². The average molecular weight is 308 g/mol. The first-order chi connectivity index (χ1) is 10.2. The van der Waals surface area contributed by atoms with Crippen molar-refractivity contribution in [2.45, 2.75) is 45.2 Å². The van der Waals surface area contributed by atoms with Gasteiger partial charge in [-0.2, -0.15) is 0 Å². The second-order valence-corrected chi connectivity index (χ2v) is 6.51. The molecule has 2 nitrogen and oxygen atoms in total. The van der Waals surface area contributed by atoms with Crippen LogP contribution in [0, 0.1) is 11.6 Å². The molecule has 112 valence electrons. The lowest BCUT2D eigenvalue weighted by Gasteiger charge is -2.01. The van der Waals surface area contributed by atoms with Crippen molar-refractivity contribution in [1.29, 1.82) is 0 Å². The number of nitrogens with one attached hydrogen (secondary N) is 1. The first kappa shape index (κ1) is 14.6. The summed E-state index contributed by atoms with van der Waals surface area (Å²) in [4.78, 5) is 5.84. The first-order valence-electron chi connectivity index (χ1n) is 7.34. The van der Waals surface area contributed by atoms with Gasteiger partial charge in [0.2, 0.25) is 0 Å². The minimum atomic E-state index is -0.822. The standard InChI is InChI=1S/C16H18F2N2S/c1-2-3-14-15(9-19-11-5-6-11)21-16(20-14)10-4-7-12(17)13(18)8-10/h4,7-8,11,19H,2-3,5-6,9H2,1H3. The molecule has 1 aromatic carbocycles. The molecule has 0 atom stereocenters. The minimum Gasteiger partial charge on any atom is -0.309 e. The number of halogens is 2. The Morgan fingerprint density at radius 3 is 2.76 bits per heavy atom. The van der Waals surface area contributed by atoms with Crippen LogP contribution in [0.25, 0.3) is 10.6 Å². The quantitative estimate of drug-likeness (QED) is 0.861. The molecule has 1 aliphatic carbocycles. The van der Waals surface area contributed by atoms with Gasteiger partial charge in [-0.15, -0.1) is 11.3 Å². The Hall–Kier alpha value is -1.33. The molecule has 0 amide bonds. The topological polar surface area (TPSA) is 24.9 Å². The van der Waals surface area contributed by atoms with Gasteiger partial charge in [0.25, 0.3) is 0 Å². The van der Waals surface area contributed by atoms with Gasteiger partial charge in [0.05, 0.1) is 5.69 Å². The van der Waals surface area contributed by atoms with Gasteiger partial charge in [-0.1, -0.05) is 13.3 Å². The van der Waals surface area contributed by atoms with Crippen LogP contribution in [0.5, 0.6) is 0 Å². The highest BCUT2D eigenvalue weighted by atomic mass is 32.1. The van der Waals surface area contributed by atoms with Crippen molar-refractivity contribution in [2.75, 3.05) is 0 Å². The fourth-order valence-corrected chi connectivity index (χ4v) is 3.29. The largest absolute Gasteiger partial charge is 0.309 e. The zero-order valence-electron chi connectivity index (χ0n) is 12.0.